The molecule has 0 amide bonds. The lowest BCUT2D eigenvalue weighted by molar-refractivity contribution is 0.0485. The Bertz CT molecular complexity index is 486. The lowest BCUT2D eigenvalue weighted by atomic mass is 9.96. The molecule has 0 heterocycles. The fourth-order valence-electron chi connectivity index (χ4n) is 1.38. The monoisotopic (exact) mass is 258 g/mol. The molecule has 0 spiro atoms. The van der Waals surface area contributed by atoms with Crippen molar-refractivity contribution < 1.29 is 15.0 Å². The van der Waals surface area contributed by atoms with E-state index in [0.29, 0.717) is 0 Å². The Labute approximate surface area is 113 Å². The van der Waals surface area contributed by atoms with E-state index in [1.54, 1.807) is 12.1 Å². The quantitative estimate of drug-likeness (QED) is 0.814. The average Bonchev–Trinajstić information content (AvgIpc) is 2.40. The second kappa shape index (κ2) is 6.71. The number of ketones is 1. The molecule has 3 nitrogen and oxygen atoms in total. The highest BCUT2D eigenvalue weighted by Gasteiger charge is 2.26. The normalized spacial score (nSPS) is 10.3. The van der Waals surface area contributed by atoms with Crippen molar-refractivity contribution in [3.8, 4) is 5.75 Å². The standard InChI is InChI=1S/C10H12O3.C6H6/c1-10(2,13)9(12)7-5-3-4-6-8(7)11;1-2-4-6-5-3-1/h3-6,11,13H,1-2H3;1-6H. The Morgan fingerprint density at radius 2 is 1.32 bits per heavy atom. The van der Waals surface area contributed by atoms with Gasteiger partial charge in [0.1, 0.15) is 11.4 Å². The van der Waals surface area contributed by atoms with E-state index >= 15 is 0 Å². The molecule has 0 atom stereocenters. The topological polar surface area (TPSA) is 57.5 Å². The minimum atomic E-state index is -1.45. The summed E-state index contributed by atoms with van der Waals surface area (Å²) in [6.07, 6.45) is 0. The van der Waals surface area contributed by atoms with Crippen LogP contribution in [0.2, 0.25) is 0 Å². The van der Waals surface area contributed by atoms with Crippen LogP contribution in [0.5, 0.6) is 5.75 Å². The number of phenols is 1. The molecule has 0 saturated heterocycles. The molecular weight excluding hydrogens is 240 g/mol. The first-order valence-corrected chi connectivity index (χ1v) is 5.98. The molecule has 0 radical (unpaired) electrons. The van der Waals surface area contributed by atoms with Crippen molar-refractivity contribution >= 4 is 5.78 Å². The summed E-state index contributed by atoms with van der Waals surface area (Å²) >= 11 is 0. The summed E-state index contributed by atoms with van der Waals surface area (Å²) in [5, 5.41) is 18.7. The van der Waals surface area contributed by atoms with Crippen LogP contribution in [0.15, 0.2) is 60.7 Å². The molecule has 19 heavy (non-hydrogen) atoms. The van der Waals surface area contributed by atoms with Gasteiger partial charge in [-0.05, 0) is 26.0 Å². The van der Waals surface area contributed by atoms with E-state index in [1.807, 2.05) is 36.4 Å². The number of aromatic hydroxyl groups is 1. The van der Waals surface area contributed by atoms with Crippen molar-refractivity contribution in [2.75, 3.05) is 0 Å². The number of hydrogen-bond acceptors (Lipinski definition) is 3. The van der Waals surface area contributed by atoms with Crippen LogP contribution in [0.3, 0.4) is 0 Å². The van der Waals surface area contributed by atoms with Gasteiger partial charge < -0.3 is 10.2 Å². The second-order valence-corrected chi connectivity index (χ2v) is 4.56. The van der Waals surface area contributed by atoms with Crippen LogP contribution in [0, 0.1) is 0 Å². The average molecular weight is 258 g/mol. The number of hydrogen-bond donors (Lipinski definition) is 2. The molecule has 3 heteroatoms. The van der Waals surface area contributed by atoms with E-state index in [9.17, 15) is 15.0 Å². The highest BCUT2D eigenvalue weighted by Crippen LogP contribution is 2.21. The zero-order valence-electron chi connectivity index (χ0n) is 11.1. The van der Waals surface area contributed by atoms with E-state index < -0.39 is 11.4 Å². The van der Waals surface area contributed by atoms with Gasteiger partial charge in [0.25, 0.3) is 0 Å². The van der Waals surface area contributed by atoms with E-state index in [-0.39, 0.29) is 11.3 Å². The molecule has 0 saturated carbocycles. The molecule has 0 aliphatic carbocycles. The lowest BCUT2D eigenvalue weighted by Crippen LogP contribution is -2.31. The van der Waals surface area contributed by atoms with E-state index in [4.69, 9.17) is 0 Å². The van der Waals surface area contributed by atoms with Crippen molar-refractivity contribution in [1.82, 2.24) is 0 Å². The number of carbonyl (C=O) groups excluding carboxylic acids is 1. The summed E-state index contributed by atoms with van der Waals surface area (Å²) in [5.41, 5.74) is -1.30. The van der Waals surface area contributed by atoms with E-state index in [0.717, 1.165) is 0 Å². The minimum Gasteiger partial charge on any atom is -0.507 e. The van der Waals surface area contributed by atoms with Gasteiger partial charge in [-0.2, -0.15) is 0 Å². The van der Waals surface area contributed by atoms with Crippen molar-refractivity contribution in [3.05, 3.63) is 66.2 Å². The molecule has 0 aromatic heterocycles. The summed E-state index contributed by atoms with van der Waals surface area (Å²) in [5.74, 6) is -0.583. The molecule has 2 N–H and O–H groups in total. The van der Waals surface area contributed by atoms with Gasteiger partial charge in [-0.3, -0.25) is 4.79 Å². The van der Waals surface area contributed by atoms with Gasteiger partial charge in [0.05, 0.1) is 5.56 Å². The molecule has 2 aromatic carbocycles. The Hall–Kier alpha value is -2.13. The fourth-order valence-corrected chi connectivity index (χ4v) is 1.38. The van der Waals surface area contributed by atoms with Crippen LogP contribution >= 0.6 is 0 Å². The third-order valence-electron chi connectivity index (χ3n) is 2.37. The van der Waals surface area contributed by atoms with Gasteiger partial charge >= 0.3 is 0 Å². The zero-order chi connectivity index (χ0) is 14.3. The molecule has 0 aliphatic rings. The fraction of sp³-hybridized carbons (Fsp3) is 0.188. The van der Waals surface area contributed by atoms with E-state index in [2.05, 4.69) is 0 Å². The van der Waals surface area contributed by atoms with Gasteiger partial charge in [0, 0.05) is 0 Å². The van der Waals surface area contributed by atoms with Gasteiger partial charge in [0.2, 0.25) is 0 Å². The first kappa shape index (κ1) is 14.9. The van der Waals surface area contributed by atoms with Gasteiger partial charge in [-0.25, -0.2) is 0 Å². The maximum Gasteiger partial charge on any atom is 0.197 e. The molecule has 0 bridgehead atoms. The summed E-state index contributed by atoms with van der Waals surface area (Å²) in [7, 11) is 0. The highest BCUT2D eigenvalue weighted by molar-refractivity contribution is 6.03. The van der Waals surface area contributed by atoms with Crippen LogP contribution in [-0.2, 0) is 0 Å². The number of Topliss-reactive ketones (excluding diaryl/α,β-unsaturated/α-hetero) is 1. The Kier molecular flexibility index (Phi) is 5.27. The van der Waals surface area contributed by atoms with Crippen LogP contribution in [0.25, 0.3) is 0 Å². The summed E-state index contributed by atoms with van der Waals surface area (Å²) in [6.45, 7) is 2.78. The minimum absolute atomic E-state index is 0.102. The predicted molar refractivity (Wildman–Crippen MR) is 75.2 cm³/mol. The van der Waals surface area contributed by atoms with Crippen molar-refractivity contribution in [2.24, 2.45) is 0 Å². The number of benzene rings is 2. The first-order chi connectivity index (χ1) is 8.93. The lowest BCUT2D eigenvalue weighted by Gasteiger charge is -2.15. The highest BCUT2D eigenvalue weighted by atomic mass is 16.3. The maximum atomic E-state index is 11.5. The molecule has 0 fully saturated rings. The molecule has 100 valence electrons. The van der Waals surface area contributed by atoms with Crippen LogP contribution < -0.4 is 0 Å². The van der Waals surface area contributed by atoms with Crippen LogP contribution in [0.1, 0.15) is 24.2 Å². The van der Waals surface area contributed by atoms with Crippen molar-refractivity contribution in [3.63, 3.8) is 0 Å². The number of para-hydroxylation sites is 1. The Balaban J connectivity index is 0.000000250. The SMILES string of the molecule is CC(C)(O)C(=O)c1ccccc1O.c1ccccc1. The van der Waals surface area contributed by atoms with Crippen molar-refractivity contribution in [2.45, 2.75) is 19.4 Å². The maximum absolute atomic E-state index is 11.5. The third-order valence-corrected chi connectivity index (χ3v) is 2.37. The zero-order valence-corrected chi connectivity index (χ0v) is 11.1. The first-order valence-electron chi connectivity index (χ1n) is 5.98. The second-order valence-electron chi connectivity index (χ2n) is 4.56. The van der Waals surface area contributed by atoms with Crippen molar-refractivity contribution in [1.29, 1.82) is 0 Å². The van der Waals surface area contributed by atoms with Crippen LogP contribution in [0.4, 0.5) is 0 Å². The molecule has 0 aliphatic heterocycles. The molecule has 0 unspecified atom stereocenters. The predicted octanol–water partition coefficient (Wildman–Crippen LogP) is 3.03. The molecule has 2 aromatic rings. The van der Waals surface area contributed by atoms with E-state index in [1.165, 1.54) is 26.0 Å². The summed E-state index contributed by atoms with van der Waals surface area (Å²) < 4.78 is 0. The Morgan fingerprint density at radius 1 is 0.895 bits per heavy atom. The Morgan fingerprint density at radius 3 is 1.68 bits per heavy atom. The van der Waals surface area contributed by atoms with Gasteiger partial charge in [-0.15, -0.1) is 0 Å². The number of carbonyl (C=O) groups is 1. The van der Waals surface area contributed by atoms with Gasteiger partial charge in [-0.1, -0.05) is 48.5 Å². The number of phenolic OH excluding ortho intramolecular Hbond substituents is 1. The summed E-state index contributed by atoms with van der Waals surface area (Å²) in [4.78, 5) is 11.5. The molecular formula is C16H18O3. The van der Waals surface area contributed by atoms with Gasteiger partial charge in [0.15, 0.2) is 5.78 Å². The summed E-state index contributed by atoms with van der Waals surface area (Å²) in [6, 6.07) is 18.2. The largest absolute Gasteiger partial charge is 0.507 e. The number of rotatable bonds is 2. The third kappa shape index (κ3) is 4.94. The smallest absolute Gasteiger partial charge is 0.197 e. The number of aliphatic hydroxyl groups is 1. The van der Waals surface area contributed by atoms with Crippen LogP contribution in [-0.4, -0.2) is 21.6 Å². The molecule has 2 rings (SSSR count).